The molecule has 0 saturated carbocycles. The second-order valence-corrected chi connectivity index (χ2v) is 6.97. The second kappa shape index (κ2) is 8.62. The fraction of sp³-hybridized carbons (Fsp3) is 0.211. The molecule has 0 bridgehead atoms. The van der Waals surface area contributed by atoms with E-state index in [4.69, 9.17) is 0 Å². The molecule has 1 heterocycles. The highest BCUT2D eigenvalue weighted by Crippen LogP contribution is 2.23. The smallest absolute Gasteiger partial charge is 0.240 e. The number of anilines is 1. The first-order valence-electron chi connectivity index (χ1n) is 8.21. The van der Waals surface area contributed by atoms with Crippen LogP contribution in [0.5, 0.6) is 0 Å². The Balaban J connectivity index is 1.48. The minimum Gasteiger partial charge on any atom is -0.326 e. The van der Waals surface area contributed by atoms with Crippen LogP contribution in [0.1, 0.15) is 12.0 Å². The molecular formula is C19H18FN3O2S. The van der Waals surface area contributed by atoms with Crippen molar-refractivity contribution in [3.63, 3.8) is 0 Å². The van der Waals surface area contributed by atoms with Crippen molar-refractivity contribution in [1.82, 2.24) is 5.32 Å². The van der Waals surface area contributed by atoms with E-state index in [1.807, 2.05) is 30.3 Å². The lowest BCUT2D eigenvalue weighted by Crippen LogP contribution is -2.28. The maximum atomic E-state index is 12.9. The molecule has 1 atom stereocenters. The van der Waals surface area contributed by atoms with Crippen molar-refractivity contribution in [3.05, 3.63) is 66.0 Å². The van der Waals surface area contributed by atoms with E-state index in [-0.39, 0.29) is 24.1 Å². The number of amidine groups is 1. The molecule has 0 spiro atoms. The van der Waals surface area contributed by atoms with Crippen molar-refractivity contribution < 1.29 is 14.0 Å². The van der Waals surface area contributed by atoms with Gasteiger partial charge in [-0.2, -0.15) is 0 Å². The van der Waals surface area contributed by atoms with Crippen molar-refractivity contribution in [1.29, 1.82) is 0 Å². The number of thioether (sulfide) groups is 1. The largest absolute Gasteiger partial charge is 0.326 e. The molecular weight excluding hydrogens is 353 g/mol. The van der Waals surface area contributed by atoms with Crippen molar-refractivity contribution in [2.45, 2.75) is 18.1 Å². The molecule has 3 rings (SSSR count). The van der Waals surface area contributed by atoms with Gasteiger partial charge in [0.15, 0.2) is 5.17 Å². The number of hydrogen-bond acceptors (Lipinski definition) is 4. The van der Waals surface area contributed by atoms with Crippen LogP contribution in [0.2, 0.25) is 0 Å². The van der Waals surface area contributed by atoms with Crippen LogP contribution in [0.3, 0.4) is 0 Å². The summed E-state index contributed by atoms with van der Waals surface area (Å²) in [6.45, 7) is 0.571. The van der Waals surface area contributed by atoms with Crippen LogP contribution in [-0.2, 0) is 16.0 Å². The monoisotopic (exact) mass is 371 g/mol. The maximum absolute atomic E-state index is 12.9. The number of hydrogen-bond donors (Lipinski definition) is 2. The number of rotatable bonds is 6. The van der Waals surface area contributed by atoms with Gasteiger partial charge in [-0.05, 0) is 36.2 Å². The quantitative estimate of drug-likeness (QED) is 0.820. The Morgan fingerprint density at radius 1 is 1.15 bits per heavy atom. The summed E-state index contributed by atoms with van der Waals surface area (Å²) >= 11 is 1.26. The Morgan fingerprint density at radius 2 is 1.88 bits per heavy atom. The highest BCUT2D eigenvalue weighted by atomic mass is 32.2. The van der Waals surface area contributed by atoms with Gasteiger partial charge in [-0.25, -0.2) is 4.39 Å². The Hall–Kier alpha value is -2.67. The van der Waals surface area contributed by atoms with Gasteiger partial charge in [0.2, 0.25) is 11.8 Å². The molecule has 2 amide bonds. The molecule has 1 fully saturated rings. The predicted molar refractivity (Wildman–Crippen MR) is 102 cm³/mol. The summed E-state index contributed by atoms with van der Waals surface area (Å²) in [6, 6.07) is 15.5. The molecule has 1 aliphatic heterocycles. The molecule has 0 aromatic heterocycles. The van der Waals surface area contributed by atoms with E-state index < -0.39 is 5.25 Å². The third-order valence-electron chi connectivity index (χ3n) is 3.77. The molecule has 0 aliphatic carbocycles. The topological polar surface area (TPSA) is 70.6 Å². The van der Waals surface area contributed by atoms with E-state index in [1.54, 1.807) is 0 Å². The normalized spacial score (nSPS) is 18.0. The molecule has 134 valence electrons. The Labute approximate surface area is 155 Å². The molecule has 1 saturated heterocycles. The van der Waals surface area contributed by atoms with Crippen LogP contribution < -0.4 is 10.6 Å². The average Bonchev–Trinajstić information content (AvgIpc) is 2.97. The molecule has 1 aliphatic rings. The molecule has 2 aromatic rings. The molecule has 0 radical (unpaired) electrons. The van der Waals surface area contributed by atoms with Crippen molar-refractivity contribution in [2.75, 3.05) is 11.9 Å². The fourth-order valence-electron chi connectivity index (χ4n) is 2.46. The zero-order valence-electron chi connectivity index (χ0n) is 13.9. The van der Waals surface area contributed by atoms with Gasteiger partial charge in [0.05, 0.1) is 0 Å². The number of halogens is 1. The van der Waals surface area contributed by atoms with Crippen molar-refractivity contribution in [2.24, 2.45) is 4.99 Å². The number of carbonyl (C=O) groups is 2. The summed E-state index contributed by atoms with van der Waals surface area (Å²) in [7, 11) is 0. The van der Waals surface area contributed by atoms with Gasteiger partial charge in [0.1, 0.15) is 11.1 Å². The third kappa shape index (κ3) is 5.16. The first kappa shape index (κ1) is 18.1. The number of aliphatic imine (C=N–C) groups is 1. The minimum absolute atomic E-state index is 0.0333. The second-order valence-electron chi connectivity index (χ2n) is 5.78. The number of nitrogens with zero attached hydrogens (tertiary/aromatic N) is 1. The van der Waals surface area contributed by atoms with Crippen LogP contribution in [0.25, 0.3) is 0 Å². The summed E-state index contributed by atoms with van der Waals surface area (Å²) in [5, 5.41) is 5.41. The van der Waals surface area contributed by atoms with Crippen LogP contribution in [0.15, 0.2) is 59.6 Å². The molecule has 26 heavy (non-hydrogen) atoms. The zero-order chi connectivity index (χ0) is 18.4. The predicted octanol–water partition coefficient (Wildman–Crippen LogP) is 2.98. The van der Waals surface area contributed by atoms with Crippen molar-refractivity contribution >= 4 is 34.4 Å². The first-order valence-corrected chi connectivity index (χ1v) is 9.09. The first-order chi connectivity index (χ1) is 12.6. The Kier molecular flexibility index (Phi) is 6.01. The van der Waals surface area contributed by atoms with Gasteiger partial charge in [0.25, 0.3) is 0 Å². The van der Waals surface area contributed by atoms with Gasteiger partial charge >= 0.3 is 0 Å². The third-order valence-corrected chi connectivity index (χ3v) is 4.89. The van der Waals surface area contributed by atoms with E-state index in [2.05, 4.69) is 15.6 Å². The SMILES string of the molecule is O=C(C[C@@H]1SC(=NCCc2ccccc2)NC1=O)Nc1ccc(F)cc1. The molecule has 5 nitrogen and oxygen atoms in total. The van der Waals surface area contributed by atoms with Gasteiger partial charge in [-0.15, -0.1) is 0 Å². The summed E-state index contributed by atoms with van der Waals surface area (Å²) in [4.78, 5) is 28.5. The Morgan fingerprint density at radius 3 is 2.62 bits per heavy atom. The summed E-state index contributed by atoms with van der Waals surface area (Å²) in [5.74, 6) is -0.886. The lowest BCUT2D eigenvalue weighted by Gasteiger charge is -2.07. The van der Waals surface area contributed by atoms with Crippen LogP contribution in [0, 0.1) is 5.82 Å². The lowest BCUT2D eigenvalue weighted by atomic mass is 10.2. The van der Waals surface area contributed by atoms with Gasteiger partial charge < -0.3 is 10.6 Å². The van der Waals surface area contributed by atoms with Crippen molar-refractivity contribution in [3.8, 4) is 0 Å². The number of carbonyl (C=O) groups excluding carboxylic acids is 2. The van der Waals surface area contributed by atoms with Gasteiger partial charge in [-0.1, -0.05) is 42.1 Å². The summed E-state index contributed by atoms with van der Waals surface area (Å²) in [5.41, 5.74) is 1.68. The fourth-order valence-corrected chi connectivity index (χ4v) is 3.46. The number of nitrogens with one attached hydrogen (secondary N) is 2. The number of amides is 2. The van der Waals surface area contributed by atoms with E-state index in [1.165, 1.54) is 41.6 Å². The highest BCUT2D eigenvalue weighted by molar-refractivity contribution is 8.15. The standard InChI is InChI=1S/C19H18FN3O2S/c20-14-6-8-15(9-7-14)22-17(24)12-16-18(25)23-19(26-16)21-11-10-13-4-2-1-3-5-13/h1-9,16H,10-12H2,(H,22,24)(H,21,23,25)/t16-/m0/s1. The van der Waals surface area contributed by atoms with E-state index in [0.29, 0.717) is 17.4 Å². The summed E-state index contributed by atoms with van der Waals surface area (Å²) in [6.07, 6.45) is 0.821. The molecule has 2 aromatic carbocycles. The maximum Gasteiger partial charge on any atom is 0.240 e. The Bertz CT molecular complexity index is 809. The average molecular weight is 371 g/mol. The molecule has 7 heteroatoms. The van der Waals surface area contributed by atoms with Crippen LogP contribution in [-0.4, -0.2) is 28.8 Å². The van der Waals surface area contributed by atoms with Gasteiger partial charge in [-0.3, -0.25) is 14.6 Å². The minimum atomic E-state index is -0.508. The molecule has 0 unspecified atom stereocenters. The lowest BCUT2D eigenvalue weighted by molar-refractivity contribution is -0.122. The zero-order valence-corrected chi connectivity index (χ0v) is 14.8. The number of benzene rings is 2. The van der Waals surface area contributed by atoms with Gasteiger partial charge in [0, 0.05) is 18.7 Å². The van der Waals surface area contributed by atoms with E-state index in [9.17, 15) is 14.0 Å². The summed E-state index contributed by atoms with van der Waals surface area (Å²) < 4.78 is 12.9. The van der Waals surface area contributed by atoms with Crippen LogP contribution in [0.4, 0.5) is 10.1 Å². The van der Waals surface area contributed by atoms with E-state index >= 15 is 0 Å². The molecule has 2 N–H and O–H groups in total. The van der Waals surface area contributed by atoms with E-state index in [0.717, 1.165) is 6.42 Å². The highest BCUT2D eigenvalue weighted by Gasteiger charge is 2.31. The van der Waals surface area contributed by atoms with Crippen LogP contribution >= 0.6 is 11.8 Å².